The van der Waals surface area contributed by atoms with Crippen LogP contribution in [-0.2, 0) is 14.3 Å². The number of anilines is 1. The molecule has 0 saturated heterocycles. The zero-order valence-electron chi connectivity index (χ0n) is 16.8. The van der Waals surface area contributed by atoms with Crippen molar-refractivity contribution in [2.45, 2.75) is 26.9 Å². The van der Waals surface area contributed by atoms with Crippen LogP contribution in [-0.4, -0.2) is 30.6 Å². The molecule has 1 unspecified atom stereocenters. The molecule has 2 heterocycles. The zero-order valence-corrected chi connectivity index (χ0v) is 17.6. The minimum atomic E-state index is -1.10. The number of esters is 2. The van der Waals surface area contributed by atoms with Gasteiger partial charge in [0.25, 0.3) is 5.91 Å². The molecule has 2 aromatic heterocycles. The third-order valence-corrected chi connectivity index (χ3v) is 5.22. The lowest BCUT2D eigenvalue weighted by molar-refractivity contribution is -0.123. The van der Waals surface area contributed by atoms with Crippen molar-refractivity contribution >= 4 is 34.2 Å². The summed E-state index contributed by atoms with van der Waals surface area (Å²) in [6.07, 6.45) is -1.10. The highest BCUT2D eigenvalue weighted by molar-refractivity contribution is 7.20. The number of carbonyl (C=O) groups excluding carboxylic acids is 3. The molecule has 0 bridgehead atoms. The molecular weight excluding hydrogens is 406 g/mol. The fraction of sp³-hybridized carbons (Fsp3) is 0.227. The number of benzene rings is 1. The van der Waals surface area contributed by atoms with Crippen molar-refractivity contribution in [3.63, 3.8) is 0 Å². The molecule has 0 fully saturated rings. The first-order valence-electron chi connectivity index (χ1n) is 9.33. The SMILES string of the molecule is CCOC(=O)c1cc(-c2ccccc2)sc1NC(=O)C(C)OC(=O)c1ccc(C)o1. The average Bonchev–Trinajstić information content (AvgIpc) is 3.35. The van der Waals surface area contributed by atoms with Crippen LogP contribution >= 0.6 is 11.3 Å². The van der Waals surface area contributed by atoms with E-state index in [9.17, 15) is 14.4 Å². The molecule has 0 aliphatic carbocycles. The third kappa shape index (κ3) is 4.96. The predicted octanol–water partition coefficient (Wildman–Crippen LogP) is 4.68. The molecule has 0 aliphatic heterocycles. The van der Waals surface area contributed by atoms with Crippen molar-refractivity contribution in [3.05, 3.63) is 65.6 Å². The predicted molar refractivity (Wildman–Crippen MR) is 113 cm³/mol. The van der Waals surface area contributed by atoms with Crippen LogP contribution < -0.4 is 5.32 Å². The van der Waals surface area contributed by atoms with Crippen LogP contribution in [0.1, 0.15) is 40.5 Å². The molecule has 1 atom stereocenters. The van der Waals surface area contributed by atoms with Gasteiger partial charge in [0.1, 0.15) is 10.8 Å². The second-order valence-corrected chi connectivity index (χ2v) is 7.44. The monoisotopic (exact) mass is 427 g/mol. The summed E-state index contributed by atoms with van der Waals surface area (Å²) < 4.78 is 15.5. The maximum atomic E-state index is 12.6. The Morgan fingerprint density at radius 2 is 1.83 bits per heavy atom. The van der Waals surface area contributed by atoms with Gasteiger partial charge in [-0.2, -0.15) is 0 Å². The van der Waals surface area contributed by atoms with E-state index in [1.165, 1.54) is 24.3 Å². The number of carbonyl (C=O) groups is 3. The van der Waals surface area contributed by atoms with Gasteiger partial charge in [0, 0.05) is 4.88 Å². The van der Waals surface area contributed by atoms with Gasteiger partial charge in [0.05, 0.1) is 12.2 Å². The van der Waals surface area contributed by atoms with E-state index in [2.05, 4.69) is 5.32 Å². The number of ether oxygens (including phenoxy) is 2. The molecule has 8 heteroatoms. The average molecular weight is 427 g/mol. The summed E-state index contributed by atoms with van der Waals surface area (Å²) >= 11 is 1.24. The van der Waals surface area contributed by atoms with Gasteiger partial charge in [0.2, 0.25) is 5.76 Å². The molecule has 0 saturated carbocycles. The lowest BCUT2D eigenvalue weighted by Gasteiger charge is -2.12. The number of amides is 1. The number of hydrogen-bond donors (Lipinski definition) is 1. The largest absolute Gasteiger partial charge is 0.462 e. The molecular formula is C22H21NO6S. The van der Waals surface area contributed by atoms with E-state index in [4.69, 9.17) is 13.9 Å². The number of hydrogen-bond acceptors (Lipinski definition) is 7. The Hall–Kier alpha value is -3.39. The van der Waals surface area contributed by atoms with Crippen molar-refractivity contribution in [1.29, 1.82) is 0 Å². The lowest BCUT2D eigenvalue weighted by Crippen LogP contribution is -2.30. The Balaban J connectivity index is 1.78. The number of thiophene rings is 1. The van der Waals surface area contributed by atoms with Crippen LogP contribution in [0.15, 0.2) is 52.9 Å². The van der Waals surface area contributed by atoms with E-state index >= 15 is 0 Å². The topological polar surface area (TPSA) is 94.8 Å². The van der Waals surface area contributed by atoms with Crippen LogP contribution in [0.3, 0.4) is 0 Å². The van der Waals surface area contributed by atoms with Gasteiger partial charge in [-0.3, -0.25) is 4.79 Å². The first-order valence-corrected chi connectivity index (χ1v) is 10.1. The number of furan rings is 1. The second kappa shape index (κ2) is 9.41. The molecule has 156 valence electrons. The molecule has 1 amide bonds. The minimum Gasteiger partial charge on any atom is -0.462 e. The van der Waals surface area contributed by atoms with E-state index in [0.717, 1.165) is 10.4 Å². The summed E-state index contributed by atoms with van der Waals surface area (Å²) in [6, 6.07) is 14.3. The fourth-order valence-corrected chi connectivity index (χ4v) is 3.67. The molecule has 1 aromatic carbocycles. The molecule has 0 spiro atoms. The summed E-state index contributed by atoms with van der Waals surface area (Å²) in [4.78, 5) is 37.9. The molecule has 0 radical (unpaired) electrons. The van der Waals surface area contributed by atoms with Gasteiger partial charge in [-0.05, 0) is 44.5 Å². The normalized spacial score (nSPS) is 11.6. The number of rotatable bonds is 7. The second-order valence-electron chi connectivity index (χ2n) is 6.39. The van der Waals surface area contributed by atoms with Gasteiger partial charge in [-0.15, -0.1) is 11.3 Å². The van der Waals surface area contributed by atoms with Gasteiger partial charge < -0.3 is 19.2 Å². The third-order valence-electron chi connectivity index (χ3n) is 4.12. The number of aryl methyl sites for hydroxylation is 1. The Morgan fingerprint density at radius 3 is 2.47 bits per heavy atom. The Morgan fingerprint density at radius 1 is 1.10 bits per heavy atom. The van der Waals surface area contributed by atoms with Gasteiger partial charge >= 0.3 is 11.9 Å². The van der Waals surface area contributed by atoms with Gasteiger partial charge in [-0.1, -0.05) is 30.3 Å². The standard InChI is InChI=1S/C22H21NO6S/c1-4-27-21(25)16-12-18(15-8-6-5-7-9-15)30-20(16)23-19(24)14(3)29-22(26)17-11-10-13(2)28-17/h5-12,14H,4H2,1-3H3,(H,23,24). The smallest absolute Gasteiger partial charge is 0.375 e. The maximum Gasteiger partial charge on any atom is 0.375 e. The van der Waals surface area contributed by atoms with Crippen molar-refractivity contribution in [2.75, 3.05) is 11.9 Å². The summed E-state index contributed by atoms with van der Waals surface area (Å²) in [5.74, 6) is -1.28. The lowest BCUT2D eigenvalue weighted by atomic mass is 10.1. The van der Waals surface area contributed by atoms with E-state index in [1.54, 1.807) is 26.0 Å². The molecule has 3 rings (SSSR count). The van der Waals surface area contributed by atoms with Crippen molar-refractivity contribution in [2.24, 2.45) is 0 Å². The highest BCUT2D eigenvalue weighted by atomic mass is 32.1. The van der Waals surface area contributed by atoms with E-state index in [0.29, 0.717) is 10.8 Å². The molecule has 1 N–H and O–H groups in total. The quantitative estimate of drug-likeness (QED) is 0.550. The van der Waals surface area contributed by atoms with Gasteiger partial charge in [0.15, 0.2) is 6.10 Å². The van der Waals surface area contributed by atoms with Crippen LogP contribution in [0.25, 0.3) is 10.4 Å². The van der Waals surface area contributed by atoms with E-state index < -0.39 is 23.9 Å². The molecule has 7 nitrogen and oxygen atoms in total. The molecule has 0 aliphatic rings. The van der Waals surface area contributed by atoms with E-state index in [-0.39, 0.29) is 17.9 Å². The highest BCUT2D eigenvalue weighted by Gasteiger charge is 2.25. The number of nitrogens with one attached hydrogen (secondary N) is 1. The van der Waals surface area contributed by atoms with Crippen LogP contribution in [0, 0.1) is 6.92 Å². The molecule has 30 heavy (non-hydrogen) atoms. The summed E-state index contributed by atoms with van der Waals surface area (Å²) in [5, 5.41) is 3.00. The Bertz CT molecular complexity index is 1050. The minimum absolute atomic E-state index is 0.0156. The van der Waals surface area contributed by atoms with Crippen LogP contribution in [0.5, 0.6) is 0 Å². The van der Waals surface area contributed by atoms with Crippen molar-refractivity contribution in [1.82, 2.24) is 0 Å². The van der Waals surface area contributed by atoms with Crippen molar-refractivity contribution in [3.8, 4) is 10.4 Å². The highest BCUT2D eigenvalue weighted by Crippen LogP contribution is 2.36. The maximum absolute atomic E-state index is 12.6. The van der Waals surface area contributed by atoms with Crippen LogP contribution in [0.4, 0.5) is 5.00 Å². The Kier molecular flexibility index (Phi) is 6.68. The van der Waals surface area contributed by atoms with Crippen LogP contribution in [0.2, 0.25) is 0 Å². The summed E-state index contributed by atoms with van der Waals surface area (Å²) in [7, 11) is 0. The van der Waals surface area contributed by atoms with E-state index in [1.807, 2.05) is 30.3 Å². The summed E-state index contributed by atoms with van der Waals surface area (Å²) in [6.45, 7) is 5.06. The van der Waals surface area contributed by atoms with Crippen molar-refractivity contribution < 1.29 is 28.3 Å². The van der Waals surface area contributed by atoms with Gasteiger partial charge in [-0.25, -0.2) is 9.59 Å². The fourth-order valence-electron chi connectivity index (χ4n) is 2.62. The summed E-state index contributed by atoms with van der Waals surface area (Å²) in [5.41, 5.74) is 1.15. The molecule has 3 aromatic rings. The first kappa shape index (κ1) is 21.3. The zero-order chi connectivity index (χ0) is 21.7. The Labute approximate surface area is 177 Å². The first-order chi connectivity index (χ1) is 14.4.